The van der Waals surface area contributed by atoms with Crippen LogP contribution in [0, 0.1) is 0 Å². The number of hydrogen-bond donors (Lipinski definition) is 1. The average Bonchev–Trinajstić information content (AvgIpc) is 3.19. The normalized spacial score (nSPS) is 18.8. The summed E-state index contributed by atoms with van der Waals surface area (Å²) in [6.45, 7) is 11.8. The molecule has 0 spiro atoms. The van der Waals surface area contributed by atoms with Crippen molar-refractivity contribution in [3.05, 3.63) is 65.5 Å². The molecule has 1 aliphatic rings. The van der Waals surface area contributed by atoms with E-state index in [-0.39, 0.29) is 18.1 Å². The molecule has 0 bridgehead atoms. The molecule has 1 fully saturated rings. The standard InChI is InChI=1S/C27H36N4O2/c1-5-30(18-26-29-23-9-7-8-10-24(23)31(26)6-2)22-15-16-33-25(17-22)20-11-13-21(14-12-20)27(32)28-19(3)4/h7-14,19,22,25H,5-6,15-18H2,1-4H3,(H,28,32)/t22-,25+/m1/s1. The van der Waals surface area contributed by atoms with Gasteiger partial charge in [0.15, 0.2) is 0 Å². The first-order valence-electron chi connectivity index (χ1n) is 12.2. The zero-order valence-corrected chi connectivity index (χ0v) is 20.3. The number of para-hydroxylation sites is 2. The third-order valence-corrected chi connectivity index (χ3v) is 6.54. The van der Waals surface area contributed by atoms with E-state index in [2.05, 4.69) is 52.9 Å². The minimum atomic E-state index is -0.0324. The predicted molar refractivity (Wildman–Crippen MR) is 132 cm³/mol. The van der Waals surface area contributed by atoms with Crippen LogP contribution in [0.2, 0.25) is 0 Å². The number of benzene rings is 2. The van der Waals surface area contributed by atoms with Crippen molar-refractivity contribution >= 4 is 16.9 Å². The zero-order chi connectivity index (χ0) is 23.4. The molecule has 0 radical (unpaired) electrons. The summed E-state index contributed by atoms with van der Waals surface area (Å²) in [5.41, 5.74) is 4.10. The summed E-state index contributed by atoms with van der Waals surface area (Å²) in [7, 11) is 0. The molecule has 0 aliphatic carbocycles. The number of nitrogens with zero attached hydrogens (tertiary/aromatic N) is 3. The Bertz CT molecular complexity index is 1070. The second kappa shape index (κ2) is 10.5. The maximum Gasteiger partial charge on any atom is 0.251 e. The Morgan fingerprint density at radius 3 is 2.64 bits per heavy atom. The fourth-order valence-corrected chi connectivity index (χ4v) is 4.82. The fourth-order valence-electron chi connectivity index (χ4n) is 4.82. The number of nitrogens with one attached hydrogen (secondary N) is 1. The SMILES string of the molecule is CCN(Cc1nc2ccccc2n1CC)[C@@H]1CCO[C@H](c2ccc(C(=O)NC(C)C)cc2)C1. The Kier molecular flexibility index (Phi) is 7.46. The monoisotopic (exact) mass is 448 g/mol. The highest BCUT2D eigenvalue weighted by Gasteiger charge is 2.29. The number of carbonyl (C=O) groups is 1. The van der Waals surface area contributed by atoms with Gasteiger partial charge in [-0.1, -0.05) is 31.2 Å². The summed E-state index contributed by atoms with van der Waals surface area (Å²) in [5.74, 6) is 1.10. The number of aryl methyl sites for hydroxylation is 1. The molecule has 1 aromatic heterocycles. The van der Waals surface area contributed by atoms with E-state index in [1.165, 1.54) is 5.52 Å². The highest BCUT2D eigenvalue weighted by Crippen LogP contribution is 2.31. The van der Waals surface area contributed by atoms with Crippen LogP contribution in [0.1, 0.15) is 68.4 Å². The minimum absolute atomic E-state index is 0.0324. The predicted octanol–water partition coefficient (Wildman–Crippen LogP) is 4.94. The molecule has 1 N–H and O–H groups in total. The van der Waals surface area contributed by atoms with E-state index >= 15 is 0 Å². The van der Waals surface area contributed by atoms with Gasteiger partial charge in [0.1, 0.15) is 5.82 Å². The van der Waals surface area contributed by atoms with E-state index in [0.717, 1.165) is 56.0 Å². The number of hydrogen-bond acceptors (Lipinski definition) is 4. The summed E-state index contributed by atoms with van der Waals surface area (Å²) >= 11 is 0. The molecule has 6 heteroatoms. The molecule has 0 unspecified atom stereocenters. The van der Waals surface area contributed by atoms with Crippen LogP contribution in [0.3, 0.4) is 0 Å². The molecule has 2 atom stereocenters. The minimum Gasteiger partial charge on any atom is -0.373 e. The van der Waals surface area contributed by atoms with Gasteiger partial charge in [-0.25, -0.2) is 4.98 Å². The Balaban J connectivity index is 1.46. The molecule has 6 nitrogen and oxygen atoms in total. The second-order valence-electron chi connectivity index (χ2n) is 9.11. The van der Waals surface area contributed by atoms with E-state index in [1.54, 1.807) is 0 Å². The van der Waals surface area contributed by atoms with Gasteiger partial charge in [0.2, 0.25) is 0 Å². The van der Waals surface area contributed by atoms with Gasteiger partial charge < -0.3 is 14.6 Å². The van der Waals surface area contributed by atoms with Gasteiger partial charge in [0.05, 0.1) is 23.7 Å². The van der Waals surface area contributed by atoms with Crippen molar-refractivity contribution in [3.8, 4) is 0 Å². The maximum atomic E-state index is 12.3. The third kappa shape index (κ3) is 5.28. The first-order chi connectivity index (χ1) is 16.0. The van der Waals surface area contributed by atoms with E-state index in [1.807, 2.05) is 38.1 Å². The Hall–Kier alpha value is -2.70. The van der Waals surface area contributed by atoms with Crippen molar-refractivity contribution in [2.45, 2.75) is 71.8 Å². The number of amides is 1. The maximum absolute atomic E-state index is 12.3. The van der Waals surface area contributed by atoms with Crippen molar-refractivity contribution in [2.24, 2.45) is 0 Å². The van der Waals surface area contributed by atoms with Crippen LogP contribution in [0.4, 0.5) is 0 Å². The lowest BCUT2D eigenvalue weighted by Crippen LogP contribution is -2.40. The van der Waals surface area contributed by atoms with Crippen LogP contribution >= 0.6 is 0 Å². The highest BCUT2D eigenvalue weighted by atomic mass is 16.5. The van der Waals surface area contributed by atoms with Crippen LogP contribution in [0.25, 0.3) is 11.0 Å². The highest BCUT2D eigenvalue weighted by molar-refractivity contribution is 5.94. The molecule has 1 amide bonds. The Morgan fingerprint density at radius 2 is 1.94 bits per heavy atom. The lowest BCUT2D eigenvalue weighted by atomic mass is 9.95. The molecule has 2 aromatic carbocycles. The summed E-state index contributed by atoms with van der Waals surface area (Å²) < 4.78 is 8.48. The molecule has 2 heterocycles. The summed E-state index contributed by atoms with van der Waals surface area (Å²) in [4.78, 5) is 19.7. The quantitative estimate of drug-likeness (QED) is 0.530. The van der Waals surface area contributed by atoms with E-state index in [4.69, 9.17) is 9.72 Å². The van der Waals surface area contributed by atoms with Gasteiger partial charge in [-0.05, 0) is 70.0 Å². The average molecular weight is 449 g/mol. The molecular weight excluding hydrogens is 412 g/mol. The number of imidazole rings is 1. The number of rotatable bonds is 8. The van der Waals surface area contributed by atoms with Crippen molar-refractivity contribution in [1.29, 1.82) is 0 Å². The van der Waals surface area contributed by atoms with E-state index in [0.29, 0.717) is 11.6 Å². The molecule has 33 heavy (non-hydrogen) atoms. The lowest BCUT2D eigenvalue weighted by molar-refractivity contribution is -0.0301. The van der Waals surface area contributed by atoms with Crippen LogP contribution < -0.4 is 5.32 Å². The molecule has 0 saturated carbocycles. The largest absolute Gasteiger partial charge is 0.373 e. The molecule has 176 valence electrons. The smallest absolute Gasteiger partial charge is 0.251 e. The van der Waals surface area contributed by atoms with Crippen LogP contribution in [-0.2, 0) is 17.8 Å². The van der Waals surface area contributed by atoms with Gasteiger partial charge in [0, 0.05) is 30.8 Å². The first-order valence-corrected chi connectivity index (χ1v) is 12.2. The number of fused-ring (bicyclic) bond motifs is 1. The number of aromatic nitrogens is 2. The van der Waals surface area contributed by atoms with Crippen molar-refractivity contribution in [2.75, 3.05) is 13.2 Å². The van der Waals surface area contributed by atoms with E-state index < -0.39 is 0 Å². The van der Waals surface area contributed by atoms with Gasteiger partial charge >= 0.3 is 0 Å². The van der Waals surface area contributed by atoms with Gasteiger partial charge in [-0.2, -0.15) is 0 Å². The van der Waals surface area contributed by atoms with Crippen molar-refractivity contribution in [3.63, 3.8) is 0 Å². The lowest BCUT2D eigenvalue weighted by Gasteiger charge is -2.37. The topological polar surface area (TPSA) is 59.4 Å². The van der Waals surface area contributed by atoms with Crippen LogP contribution in [0.15, 0.2) is 48.5 Å². The zero-order valence-electron chi connectivity index (χ0n) is 20.3. The van der Waals surface area contributed by atoms with Crippen LogP contribution in [0.5, 0.6) is 0 Å². The summed E-state index contributed by atoms with van der Waals surface area (Å²) in [6.07, 6.45) is 2.01. The number of carbonyl (C=O) groups excluding carboxylic acids is 1. The second-order valence-corrected chi connectivity index (χ2v) is 9.11. The van der Waals surface area contributed by atoms with Crippen molar-refractivity contribution < 1.29 is 9.53 Å². The van der Waals surface area contributed by atoms with Crippen molar-refractivity contribution in [1.82, 2.24) is 19.8 Å². The van der Waals surface area contributed by atoms with Gasteiger partial charge in [-0.15, -0.1) is 0 Å². The summed E-state index contributed by atoms with van der Waals surface area (Å²) in [5, 5.41) is 2.94. The fraction of sp³-hybridized carbons (Fsp3) is 0.481. The Morgan fingerprint density at radius 1 is 1.18 bits per heavy atom. The molecule has 4 rings (SSSR count). The van der Waals surface area contributed by atoms with Gasteiger partial charge in [-0.3, -0.25) is 9.69 Å². The van der Waals surface area contributed by atoms with E-state index in [9.17, 15) is 4.79 Å². The number of ether oxygens (including phenoxy) is 1. The Labute approximate surface area is 196 Å². The summed E-state index contributed by atoms with van der Waals surface area (Å²) in [6, 6.07) is 16.8. The molecule has 1 saturated heterocycles. The first kappa shape index (κ1) is 23.5. The molecule has 1 aliphatic heterocycles. The van der Waals surface area contributed by atoms with Gasteiger partial charge in [0.25, 0.3) is 5.91 Å². The molecule has 3 aromatic rings. The van der Waals surface area contributed by atoms with Crippen LogP contribution in [-0.4, -0.2) is 45.6 Å². The molecular formula is C27H36N4O2. The third-order valence-electron chi connectivity index (χ3n) is 6.54.